The van der Waals surface area contributed by atoms with Crippen LogP contribution in [0.1, 0.15) is 56.0 Å². The molecule has 27 heavy (non-hydrogen) atoms. The molecule has 0 aliphatic carbocycles. The van der Waals surface area contributed by atoms with Gasteiger partial charge in [0.15, 0.2) is 11.3 Å². The van der Waals surface area contributed by atoms with Crippen LogP contribution in [0.4, 0.5) is 11.5 Å². The minimum Gasteiger partial charge on any atom is -0.323 e. The summed E-state index contributed by atoms with van der Waals surface area (Å²) in [6, 6.07) is 6.72. The highest BCUT2D eigenvalue weighted by atomic mass is 35.5. The lowest BCUT2D eigenvalue weighted by molar-refractivity contribution is 0.430. The zero-order valence-corrected chi connectivity index (χ0v) is 17.2. The lowest BCUT2D eigenvalue weighted by atomic mass is 9.99. The van der Waals surface area contributed by atoms with Gasteiger partial charge in [-0.25, -0.2) is 9.67 Å². The second kappa shape index (κ2) is 7.12. The van der Waals surface area contributed by atoms with Crippen LogP contribution in [-0.4, -0.2) is 26.5 Å². The molecule has 1 aromatic carbocycles. The SMILES string of the molecule is CCC(CC)n1nnc2c(N3CCCc4cc(C)cc(Cl)c43)nc(C)cc21. The molecule has 3 heterocycles. The minimum atomic E-state index is 0.351. The zero-order chi connectivity index (χ0) is 19.1. The van der Waals surface area contributed by atoms with Crippen molar-refractivity contribution in [1.29, 1.82) is 0 Å². The van der Waals surface area contributed by atoms with Crippen LogP contribution in [0.5, 0.6) is 0 Å². The Balaban J connectivity index is 1.92. The van der Waals surface area contributed by atoms with Gasteiger partial charge in [-0.3, -0.25) is 0 Å². The lowest BCUT2D eigenvalue weighted by Crippen LogP contribution is -2.26. The first-order chi connectivity index (χ1) is 13.0. The Morgan fingerprint density at radius 2 is 1.93 bits per heavy atom. The Morgan fingerprint density at radius 1 is 1.15 bits per heavy atom. The molecule has 0 atom stereocenters. The number of hydrogen-bond donors (Lipinski definition) is 0. The van der Waals surface area contributed by atoms with E-state index in [4.69, 9.17) is 16.6 Å². The second-order valence-corrected chi connectivity index (χ2v) is 7.88. The number of aromatic nitrogens is 4. The van der Waals surface area contributed by atoms with Crippen molar-refractivity contribution < 1.29 is 0 Å². The molecule has 5 nitrogen and oxygen atoms in total. The van der Waals surface area contributed by atoms with E-state index in [1.54, 1.807) is 0 Å². The van der Waals surface area contributed by atoms with E-state index in [9.17, 15) is 0 Å². The third-order valence-electron chi connectivity index (χ3n) is 5.50. The van der Waals surface area contributed by atoms with E-state index in [1.165, 1.54) is 11.1 Å². The van der Waals surface area contributed by atoms with E-state index < -0.39 is 0 Å². The molecular formula is C21H26ClN5. The predicted octanol–water partition coefficient (Wildman–Crippen LogP) is 5.54. The first kappa shape index (κ1) is 18.2. The molecule has 142 valence electrons. The quantitative estimate of drug-likeness (QED) is 0.593. The normalized spacial score (nSPS) is 14.2. The zero-order valence-electron chi connectivity index (χ0n) is 16.5. The molecule has 1 aliphatic heterocycles. The Morgan fingerprint density at radius 3 is 2.67 bits per heavy atom. The highest BCUT2D eigenvalue weighted by molar-refractivity contribution is 6.33. The largest absolute Gasteiger partial charge is 0.323 e. The van der Waals surface area contributed by atoms with Crippen molar-refractivity contribution in [3.63, 3.8) is 0 Å². The van der Waals surface area contributed by atoms with Crippen LogP contribution >= 0.6 is 11.6 Å². The van der Waals surface area contributed by atoms with Gasteiger partial charge < -0.3 is 4.90 Å². The standard InChI is InChI=1S/C21H26ClN5/c1-5-16(6-2)27-18-12-14(4)23-21(19(18)24-25-27)26-9-7-8-15-10-13(3)11-17(22)20(15)26/h10-12,16H,5-9H2,1-4H3. The van der Waals surface area contributed by atoms with Crippen LogP contribution in [0.2, 0.25) is 5.02 Å². The van der Waals surface area contributed by atoms with Gasteiger partial charge in [0.2, 0.25) is 0 Å². The van der Waals surface area contributed by atoms with Gasteiger partial charge in [-0.2, -0.15) is 0 Å². The summed E-state index contributed by atoms with van der Waals surface area (Å²) in [5.74, 6) is 0.869. The number of rotatable bonds is 4. The fraction of sp³-hybridized carbons (Fsp3) is 0.476. The molecule has 6 heteroatoms. The highest BCUT2D eigenvalue weighted by Crippen LogP contribution is 2.41. The molecule has 0 saturated heterocycles. The number of halogens is 1. The molecular weight excluding hydrogens is 358 g/mol. The van der Waals surface area contributed by atoms with Gasteiger partial charge in [-0.1, -0.05) is 36.7 Å². The number of hydrogen-bond acceptors (Lipinski definition) is 4. The second-order valence-electron chi connectivity index (χ2n) is 7.47. The molecule has 0 radical (unpaired) electrons. The number of nitrogens with zero attached hydrogens (tertiary/aromatic N) is 5. The van der Waals surface area contributed by atoms with E-state index in [0.717, 1.165) is 65.5 Å². The molecule has 0 unspecified atom stereocenters. The van der Waals surface area contributed by atoms with Crippen LogP contribution in [0, 0.1) is 13.8 Å². The Kier molecular flexibility index (Phi) is 4.81. The van der Waals surface area contributed by atoms with Crippen LogP contribution in [0.25, 0.3) is 11.0 Å². The average Bonchev–Trinajstić information content (AvgIpc) is 3.05. The molecule has 0 amide bonds. The molecule has 0 bridgehead atoms. The number of pyridine rings is 1. The van der Waals surface area contributed by atoms with E-state index >= 15 is 0 Å². The molecule has 4 rings (SSSR count). The number of anilines is 2. The van der Waals surface area contributed by atoms with Crippen LogP contribution in [-0.2, 0) is 6.42 Å². The maximum atomic E-state index is 6.67. The monoisotopic (exact) mass is 383 g/mol. The molecule has 0 saturated carbocycles. The first-order valence-corrected chi connectivity index (χ1v) is 10.2. The molecule has 1 aliphatic rings. The van der Waals surface area contributed by atoms with Gasteiger partial charge in [0.05, 0.1) is 22.3 Å². The molecule has 0 N–H and O–H groups in total. The maximum Gasteiger partial charge on any atom is 0.163 e. The summed E-state index contributed by atoms with van der Waals surface area (Å²) in [5, 5.41) is 9.82. The van der Waals surface area contributed by atoms with Crippen molar-refractivity contribution in [2.75, 3.05) is 11.4 Å². The van der Waals surface area contributed by atoms with E-state index in [-0.39, 0.29) is 0 Å². The summed E-state index contributed by atoms with van der Waals surface area (Å²) in [4.78, 5) is 7.10. The van der Waals surface area contributed by atoms with E-state index in [0.29, 0.717) is 6.04 Å². The van der Waals surface area contributed by atoms with Gasteiger partial charge in [0.25, 0.3) is 0 Å². The lowest BCUT2D eigenvalue weighted by Gasteiger charge is -2.32. The van der Waals surface area contributed by atoms with Gasteiger partial charge >= 0.3 is 0 Å². The van der Waals surface area contributed by atoms with Crippen LogP contribution in [0.15, 0.2) is 18.2 Å². The van der Waals surface area contributed by atoms with Crippen molar-refractivity contribution in [2.24, 2.45) is 0 Å². The average molecular weight is 384 g/mol. The summed E-state index contributed by atoms with van der Waals surface area (Å²) in [5.41, 5.74) is 6.45. The topological polar surface area (TPSA) is 46.8 Å². The Bertz CT molecular complexity index is 990. The highest BCUT2D eigenvalue weighted by Gasteiger charge is 2.26. The molecule has 3 aromatic rings. The molecule has 2 aromatic heterocycles. The van der Waals surface area contributed by atoms with Crippen LogP contribution in [0.3, 0.4) is 0 Å². The van der Waals surface area contributed by atoms with Crippen molar-refractivity contribution in [1.82, 2.24) is 20.0 Å². The van der Waals surface area contributed by atoms with Gasteiger partial charge in [0.1, 0.15) is 0 Å². The van der Waals surface area contributed by atoms with Crippen LogP contribution < -0.4 is 4.90 Å². The Labute approximate surface area is 165 Å². The predicted molar refractivity (Wildman–Crippen MR) is 111 cm³/mol. The third-order valence-corrected chi connectivity index (χ3v) is 5.79. The molecule has 0 fully saturated rings. The smallest absolute Gasteiger partial charge is 0.163 e. The van der Waals surface area contributed by atoms with E-state index in [2.05, 4.69) is 52.8 Å². The number of fused-ring (bicyclic) bond motifs is 2. The Hall–Kier alpha value is -2.14. The van der Waals surface area contributed by atoms with Gasteiger partial charge in [-0.05, 0) is 62.8 Å². The molecule has 0 spiro atoms. The summed E-state index contributed by atoms with van der Waals surface area (Å²) < 4.78 is 2.06. The first-order valence-electron chi connectivity index (χ1n) is 9.82. The fourth-order valence-electron chi connectivity index (χ4n) is 4.19. The number of aryl methyl sites for hydroxylation is 3. The minimum absolute atomic E-state index is 0.351. The van der Waals surface area contributed by atoms with Gasteiger partial charge in [0, 0.05) is 12.2 Å². The van der Waals surface area contributed by atoms with Crippen molar-refractivity contribution in [3.8, 4) is 0 Å². The summed E-state index contributed by atoms with van der Waals surface area (Å²) in [6.45, 7) is 9.41. The number of benzene rings is 1. The van der Waals surface area contributed by atoms with Crippen molar-refractivity contribution in [3.05, 3.63) is 40.0 Å². The van der Waals surface area contributed by atoms with Gasteiger partial charge in [-0.15, -0.1) is 5.10 Å². The van der Waals surface area contributed by atoms with E-state index in [1.807, 2.05) is 13.0 Å². The third kappa shape index (κ3) is 3.08. The van der Waals surface area contributed by atoms with Crippen molar-refractivity contribution >= 4 is 34.1 Å². The maximum absolute atomic E-state index is 6.67. The summed E-state index contributed by atoms with van der Waals surface area (Å²) in [7, 11) is 0. The summed E-state index contributed by atoms with van der Waals surface area (Å²) >= 11 is 6.67. The van der Waals surface area contributed by atoms with Crippen molar-refractivity contribution in [2.45, 2.75) is 59.4 Å². The summed E-state index contributed by atoms with van der Waals surface area (Å²) in [6.07, 6.45) is 4.18. The fourth-order valence-corrected chi connectivity index (χ4v) is 4.58.